The molecule has 2 saturated carbocycles. The topological polar surface area (TPSA) is 69.6 Å². The van der Waals surface area contributed by atoms with Crippen LogP contribution in [0.2, 0.25) is 0 Å². The molecule has 0 saturated heterocycles. The summed E-state index contributed by atoms with van der Waals surface area (Å²) in [6.07, 6.45) is 9.56. The van der Waals surface area contributed by atoms with Crippen molar-refractivity contribution in [3.63, 3.8) is 0 Å². The number of fused-ring (bicyclic) bond motifs is 1. The van der Waals surface area contributed by atoms with Crippen molar-refractivity contribution in [2.24, 2.45) is 28.6 Å². The SMILES string of the molecule is C=C1C=C(C)C(C)(C2CCC3(C)C(CC[C@]3(O)C(=O)NCCCO)C2CC)CC1. The van der Waals surface area contributed by atoms with Gasteiger partial charge < -0.3 is 15.5 Å². The molecule has 164 valence electrons. The lowest BCUT2D eigenvalue weighted by Crippen LogP contribution is -2.59. The molecule has 0 aliphatic heterocycles. The van der Waals surface area contributed by atoms with Crippen molar-refractivity contribution in [3.05, 3.63) is 23.8 Å². The largest absolute Gasteiger partial charge is 0.396 e. The Bertz CT molecular complexity index is 686. The minimum atomic E-state index is -1.29. The Morgan fingerprint density at radius 2 is 1.93 bits per heavy atom. The standard InChI is InChI=1S/C25H41NO3/c1-6-19-20(23(4)11-8-17(2)16-18(23)3)9-12-24(5)21(19)10-13-25(24,29)22(28)26-14-7-15-27/h16,19-21,27,29H,2,6-15H2,1,3-5H3,(H,26,28)/t19?,20?,21?,23?,24?,25-/m0/s1. The first-order valence-electron chi connectivity index (χ1n) is 11.6. The summed E-state index contributed by atoms with van der Waals surface area (Å²) in [5, 5.41) is 23.5. The van der Waals surface area contributed by atoms with Crippen LogP contribution in [0.1, 0.15) is 79.1 Å². The third kappa shape index (κ3) is 3.50. The number of hydrogen-bond donors (Lipinski definition) is 3. The fraction of sp³-hybridized carbons (Fsp3) is 0.800. The Balaban J connectivity index is 1.86. The molecule has 29 heavy (non-hydrogen) atoms. The quantitative estimate of drug-likeness (QED) is 0.577. The lowest BCUT2D eigenvalue weighted by atomic mass is 9.49. The molecule has 0 aromatic rings. The summed E-state index contributed by atoms with van der Waals surface area (Å²) in [4.78, 5) is 13.0. The summed E-state index contributed by atoms with van der Waals surface area (Å²) in [6, 6.07) is 0. The van der Waals surface area contributed by atoms with Crippen LogP contribution in [0.25, 0.3) is 0 Å². The van der Waals surface area contributed by atoms with Gasteiger partial charge >= 0.3 is 0 Å². The smallest absolute Gasteiger partial charge is 0.252 e. The van der Waals surface area contributed by atoms with Crippen molar-refractivity contribution < 1.29 is 15.0 Å². The minimum Gasteiger partial charge on any atom is -0.396 e. The zero-order chi connectivity index (χ0) is 21.4. The Hall–Kier alpha value is -1.13. The van der Waals surface area contributed by atoms with Crippen molar-refractivity contribution in [2.75, 3.05) is 13.2 Å². The first-order valence-corrected chi connectivity index (χ1v) is 11.6. The van der Waals surface area contributed by atoms with E-state index in [9.17, 15) is 9.90 Å². The van der Waals surface area contributed by atoms with Crippen molar-refractivity contribution in [1.29, 1.82) is 0 Å². The molecule has 0 bridgehead atoms. The number of allylic oxidation sites excluding steroid dienone is 3. The molecule has 3 aliphatic rings. The van der Waals surface area contributed by atoms with E-state index >= 15 is 0 Å². The van der Waals surface area contributed by atoms with Gasteiger partial charge in [0.15, 0.2) is 0 Å². The summed E-state index contributed by atoms with van der Waals surface area (Å²) in [5.74, 6) is 1.25. The van der Waals surface area contributed by atoms with E-state index in [2.05, 4.69) is 45.7 Å². The van der Waals surface area contributed by atoms with Gasteiger partial charge in [-0.1, -0.05) is 51.0 Å². The van der Waals surface area contributed by atoms with E-state index in [1.165, 1.54) is 11.1 Å². The van der Waals surface area contributed by atoms with Crippen molar-refractivity contribution >= 4 is 5.91 Å². The van der Waals surface area contributed by atoms with E-state index in [0.717, 1.165) is 38.5 Å². The molecule has 1 amide bonds. The summed E-state index contributed by atoms with van der Waals surface area (Å²) in [7, 11) is 0. The normalized spacial score (nSPS) is 42.3. The maximum absolute atomic E-state index is 13.0. The molecule has 0 aromatic carbocycles. The van der Waals surface area contributed by atoms with Gasteiger partial charge in [0.2, 0.25) is 0 Å². The summed E-state index contributed by atoms with van der Waals surface area (Å²) in [6.45, 7) is 13.8. The zero-order valence-electron chi connectivity index (χ0n) is 18.9. The third-order valence-electron chi connectivity index (χ3n) is 9.16. The Kier molecular flexibility index (Phi) is 6.37. The molecule has 3 N–H and O–H groups in total. The van der Waals surface area contributed by atoms with Gasteiger partial charge in [0.05, 0.1) is 0 Å². The van der Waals surface area contributed by atoms with Crippen LogP contribution in [0.4, 0.5) is 0 Å². The highest BCUT2D eigenvalue weighted by atomic mass is 16.3. The maximum atomic E-state index is 13.0. The van der Waals surface area contributed by atoms with Crippen LogP contribution < -0.4 is 5.32 Å². The second kappa shape index (κ2) is 8.19. The van der Waals surface area contributed by atoms with Crippen LogP contribution in [-0.2, 0) is 4.79 Å². The minimum absolute atomic E-state index is 0.0517. The van der Waals surface area contributed by atoms with E-state index < -0.39 is 5.60 Å². The number of aliphatic hydroxyl groups excluding tert-OH is 1. The fourth-order valence-corrected chi connectivity index (χ4v) is 7.10. The fourth-order valence-electron chi connectivity index (χ4n) is 7.10. The number of aliphatic hydroxyl groups is 2. The molecule has 0 heterocycles. The predicted molar refractivity (Wildman–Crippen MR) is 117 cm³/mol. The highest BCUT2D eigenvalue weighted by molar-refractivity contribution is 5.86. The molecule has 3 rings (SSSR count). The van der Waals surface area contributed by atoms with Crippen molar-refractivity contribution in [1.82, 2.24) is 5.32 Å². The highest BCUT2D eigenvalue weighted by Gasteiger charge is 2.65. The van der Waals surface area contributed by atoms with Gasteiger partial charge in [-0.25, -0.2) is 0 Å². The Labute approximate surface area is 176 Å². The van der Waals surface area contributed by atoms with E-state index in [1.807, 2.05) is 0 Å². The monoisotopic (exact) mass is 403 g/mol. The number of hydrogen-bond acceptors (Lipinski definition) is 3. The van der Waals surface area contributed by atoms with Crippen LogP contribution in [-0.4, -0.2) is 34.9 Å². The first kappa shape index (κ1) is 22.6. The molecule has 6 atom stereocenters. The van der Waals surface area contributed by atoms with E-state index in [0.29, 0.717) is 37.1 Å². The van der Waals surface area contributed by atoms with Crippen LogP contribution in [0.5, 0.6) is 0 Å². The highest BCUT2D eigenvalue weighted by Crippen LogP contribution is 2.65. The van der Waals surface area contributed by atoms with Gasteiger partial charge in [0.1, 0.15) is 5.60 Å². The molecular formula is C25H41NO3. The van der Waals surface area contributed by atoms with Gasteiger partial charge in [0, 0.05) is 18.6 Å². The van der Waals surface area contributed by atoms with Crippen molar-refractivity contribution in [3.8, 4) is 0 Å². The number of carbonyl (C=O) groups excluding carboxylic acids is 1. The van der Waals surface area contributed by atoms with E-state index in [-0.39, 0.29) is 23.3 Å². The zero-order valence-corrected chi connectivity index (χ0v) is 18.9. The summed E-state index contributed by atoms with van der Waals surface area (Å²) >= 11 is 0. The summed E-state index contributed by atoms with van der Waals surface area (Å²) < 4.78 is 0. The lowest BCUT2D eigenvalue weighted by molar-refractivity contribution is -0.162. The maximum Gasteiger partial charge on any atom is 0.252 e. The Morgan fingerprint density at radius 3 is 2.55 bits per heavy atom. The van der Waals surface area contributed by atoms with Crippen LogP contribution in [0, 0.1) is 28.6 Å². The van der Waals surface area contributed by atoms with E-state index in [4.69, 9.17) is 5.11 Å². The molecule has 5 unspecified atom stereocenters. The van der Waals surface area contributed by atoms with Crippen LogP contribution in [0.3, 0.4) is 0 Å². The number of amides is 1. The second-order valence-corrected chi connectivity index (χ2v) is 10.4. The predicted octanol–water partition coefficient (Wildman–Crippen LogP) is 4.37. The summed E-state index contributed by atoms with van der Waals surface area (Å²) in [5.41, 5.74) is 1.21. The average molecular weight is 404 g/mol. The number of nitrogens with one attached hydrogen (secondary N) is 1. The van der Waals surface area contributed by atoms with Gasteiger partial charge in [-0.3, -0.25) is 4.79 Å². The van der Waals surface area contributed by atoms with Gasteiger partial charge in [-0.2, -0.15) is 0 Å². The van der Waals surface area contributed by atoms with Gasteiger partial charge in [-0.05, 0) is 75.0 Å². The van der Waals surface area contributed by atoms with Crippen LogP contribution in [0.15, 0.2) is 23.8 Å². The molecular weight excluding hydrogens is 362 g/mol. The molecule has 4 nitrogen and oxygen atoms in total. The van der Waals surface area contributed by atoms with Gasteiger partial charge in [-0.15, -0.1) is 0 Å². The first-order chi connectivity index (χ1) is 13.6. The molecule has 0 spiro atoms. The third-order valence-corrected chi connectivity index (χ3v) is 9.16. The average Bonchev–Trinajstić information content (AvgIpc) is 2.96. The van der Waals surface area contributed by atoms with Gasteiger partial charge in [0.25, 0.3) is 5.91 Å². The number of carbonyl (C=O) groups is 1. The second-order valence-electron chi connectivity index (χ2n) is 10.4. The molecule has 0 radical (unpaired) electrons. The molecule has 2 fully saturated rings. The molecule has 4 heteroatoms. The van der Waals surface area contributed by atoms with Crippen molar-refractivity contribution in [2.45, 2.75) is 84.7 Å². The number of rotatable bonds is 6. The Morgan fingerprint density at radius 1 is 1.24 bits per heavy atom. The van der Waals surface area contributed by atoms with E-state index in [1.54, 1.807) is 0 Å². The van der Waals surface area contributed by atoms with Crippen LogP contribution >= 0.6 is 0 Å². The molecule has 3 aliphatic carbocycles. The lowest BCUT2D eigenvalue weighted by Gasteiger charge is -2.56. The molecule has 0 aromatic heterocycles.